The average molecular weight is 337 g/mol. The van der Waals surface area contributed by atoms with Gasteiger partial charge in [0.05, 0.1) is 5.25 Å². The molecule has 3 fully saturated rings. The monoisotopic (exact) mass is 337 g/mol. The first-order chi connectivity index (χ1) is 11.1. The van der Waals surface area contributed by atoms with E-state index in [1.807, 2.05) is 12.1 Å². The fraction of sp³-hybridized carbons (Fsp3) is 0.733. The lowest BCUT2D eigenvalue weighted by Crippen LogP contribution is -2.49. The van der Waals surface area contributed by atoms with Gasteiger partial charge in [-0.05, 0) is 37.8 Å². The molecule has 126 valence electrons. The highest BCUT2D eigenvalue weighted by Crippen LogP contribution is 2.31. The second-order valence-corrected chi connectivity index (χ2v) is 8.79. The van der Waals surface area contributed by atoms with E-state index in [1.165, 1.54) is 12.8 Å². The SMILES string of the molecule is O=S(=O)(C1CC1)N1CCN(c2ccc(N3CCCC3)nn2)CC1. The molecule has 0 spiro atoms. The molecule has 1 aromatic rings. The van der Waals surface area contributed by atoms with E-state index >= 15 is 0 Å². The first-order valence-electron chi connectivity index (χ1n) is 8.47. The van der Waals surface area contributed by atoms with Crippen LogP contribution in [-0.4, -0.2) is 67.4 Å². The van der Waals surface area contributed by atoms with Crippen LogP contribution in [0.3, 0.4) is 0 Å². The van der Waals surface area contributed by atoms with Gasteiger partial charge >= 0.3 is 0 Å². The van der Waals surface area contributed by atoms with Gasteiger partial charge in [0.2, 0.25) is 10.0 Å². The Balaban J connectivity index is 1.38. The number of hydrogen-bond donors (Lipinski definition) is 0. The summed E-state index contributed by atoms with van der Waals surface area (Å²) in [6.45, 7) is 4.59. The van der Waals surface area contributed by atoms with Crippen LogP contribution in [0.25, 0.3) is 0 Å². The quantitative estimate of drug-likeness (QED) is 0.805. The van der Waals surface area contributed by atoms with Gasteiger partial charge in [-0.15, -0.1) is 10.2 Å². The molecule has 0 bridgehead atoms. The maximum atomic E-state index is 12.3. The summed E-state index contributed by atoms with van der Waals surface area (Å²) in [5.41, 5.74) is 0. The number of nitrogens with zero attached hydrogens (tertiary/aromatic N) is 5. The molecule has 23 heavy (non-hydrogen) atoms. The van der Waals surface area contributed by atoms with Crippen molar-refractivity contribution in [3.8, 4) is 0 Å². The van der Waals surface area contributed by atoms with Crippen LogP contribution in [0, 0.1) is 0 Å². The average Bonchev–Trinajstić information content (AvgIpc) is 3.32. The van der Waals surface area contributed by atoms with Gasteiger partial charge in [-0.3, -0.25) is 0 Å². The highest BCUT2D eigenvalue weighted by Gasteiger charge is 2.41. The number of hydrogen-bond acceptors (Lipinski definition) is 6. The second kappa shape index (κ2) is 5.90. The number of piperazine rings is 1. The van der Waals surface area contributed by atoms with Gasteiger partial charge in [-0.1, -0.05) is 0 Å². The molecule has 0 radical (unpaired) electrons. The molecule has 3 aliphatic rings. The lowest BCUT2D eigenvalue weighted by Gasteiger charge is -2.34. The summed E-state index contributed by atoms with van der Waals surface area (Å²) in [5, 5.41) is 8.58. The molecule has 7 nitrogen and oxygen atoms in total. The molecule has 3 heterocycles. The standard InChI is InChI=1S/C15H23N5O2S/c21-23(22,13-3-4-13)20-11-9-19(10-12-20)15-6-5-14(16-17-15)18-7-1-2-8-18/h5-6,13H,1-4,7-12H2. The van der Waals surface area contributed by atoms with Crippen molar-refractivity contribution in [3.05, 3.63) is 12.1 Å². The van der Waals surface area contributed by atoms with Gasteiger partial charge in [-0.25, -0.2) is 8.42 Å². The minimum absolute atomic E-state index is 0.117. The fourth-order valence-electron chi connectivity index (χ4n) is 3.35. The lowest BCUT2D eigenvalue weighted by molar-refractivity contribution is 0.382. The molecule has 2 saturated heterocycles. The molecule has 1 aliphatic carbocycles. The van der Waals surface area contributed by atoms with Crippen LogP contribution in [-0.2, 0) is 10.0 Å². The summed E-state index contributed by atoms with van der Waals surface area (Å²) in [7, 11) is -3.05. The van der Waals surface area contributed by atoms with Crippen molar-refractivity contribution in [1.29, 1.82) is 0 Å². The Hall–Kier alpha value is -1.41. The van der Waals surface area contributed by atoms with Crippen LogP contribution < -0.4 is 9.80 Å². The van der Waals surface area contributed by atoms with Crippen molar-refractivity contribution < 1.29 is 8.42 Å². The third-order valence-corrected chi connectivity index (χ3v) is 7.33. The van der Waals surface area contributed by atoms with E-state index in [4.69, 9.17) is 0 Å². The lowest BCUT2D eigenvalue weighted by atomic mass is 10.3. The van der Waals surface area contributed by atoms with Crippen molar-refractivity contribution in [2.75, 3.05) is 49.1 Å². The van der Waals surface area contributed by atoms with E-state index in [-0.39, 0.29) is 5.25 Å². The fourth-order valence-corrected chi connectivity index (χ4v) is 5.18. The minimum Gasteiger partial charge on any atom is -0.355 e. The molecule has 0 amide bonds. The maximum absolute atomic E-state index is 12.3. The zero-order chi connectivity index (χ0) is 15.9. The van der Waals surface area contributed by atoms with Crippen LogP contribution in [0.2, 0.25) is 0 Å². The van der Waals surface area contributed by atoms with E-state index in [9.17, 15) is 8.42 Å². The third-order valence-electron chi connectivity index (χ3n) is 4.93. The van der Waals surface area contributed by atoms with Crippen LogP contribution in [0.4, 0.5) is 11.6 Å². The molecule has 4 rings (SSSR count). The van der Waals surface area contributed by atoms with E-state index in [0.717, 1.165) is 37.6 Å². The normalized spacial score (nSPS) is 23.5. The first-order valence-corrected chi connectivity index (χ1v) is 9.97. The van der Waals surface area contributed by atoms with Crippen molar-refractivity contribution >= 4 is 21.7 Å². The van der Waals surface area contributed by atoms with Gasteiger partial charge in [0.15, 0.2) is 11.6 Å². The molecule has 0 aromatic carbocycles. The highest BCUT2D eigenvalue weighted by molar-refractivity contribution is 7.90. The molecule has 0 unspecified atom stereocenters. The van der Waals surface area contributed by atoms with E-state index in [1.54, 1.807) is 4.31 Å². The number of aromatic nitrogens is 2. The zero-order valence-electron chi connectivity index (χ0n) is 13.3. The molecule has 1 aromatic heterocycles. The third kappa shape index (κ3) is 3.01. The maximum Gasteiger partial charge on any atom is 0.217 e. The minimum atomic E-state index is -3.05. The van der Waals surface area contributed by atoms with E-state index in [2.05, 4.69) is 20.0 Å². The Labute approximate surface area is 137 Å². The molecule has 1 saturated carbocycles. The van der Waals surface area contributed by atoms with Crippen molar-refractivity contribution in [3.63, 3.8) is 0 Å². The topological polar surface area (TPSA) is 69.6 Å². The number of sulfonamides is 1. The van der Waals surface area contributed by atoms with Crippen LogP contribution >= 0.6 is 0 Å². The summed E-state index contributed by atoms with van der Waals surface area (Å²) < 4.78 is 26.2. The zero-order valence-corrected chi connectivity index (χ0v) is 14.1. The Bertz CT molecular complexity index is 645. The van der Waals surface area contributed by atoms with Crippen molar-refractivity contribution in [2.45, 2.75) is 30.9 Å². The van der Waals surface area contributed by atoms with Crippen molar-refractivity contribution in [1.82, 2.24) is 14.5 Å². The molecular weight excluding hydrogens is 314 g/mol. The van der Waals surface area contributed by atoms with Gasteiger partial charge < -0.3 is 9.80 Å². The Kier molecular flexibility index (Phi) is 3.88. The molecule has 0 atom stereocenters. The summed E-state index contributed by atoms with van der Waals surface area (Å²) in [5.74, 6) is 1.79. The summed E-state index contributed by atoms with van der Waals surface area (Å²) in [4.78, 5) is 4.39. The van der Waals surface area contributed by atoms with Gasteiger partial charge in [-0.2, -0.15) is 4.31 Å². The highest BCUT2D eigenvalue weighted by atomic mass is 32.2. The predicted octanol–water partition coefficient (Wildman–Crippen LogP) is 0.691. The molecule has 8 heteroatoms. The molecule has 0 N–H and O–H groups in total. The van der Waals surface area contributed by atoms with E-state index < -0.39 is 10.0 Å². The summed E-state index contributed by atoms with van der Waals surface area (Å²) >= 11 is 0. The predicted molar refractivity (Wildman–Crippen MR) is 89.2 cm³/mol. The molecular formula is C15H23N5O2S. The van der Waals surface area contributed by atoms with Crippen LogP contribution in [0.15, 0.2) is 12.1 Å². The van der Waals surface area contributed by atoms with Crippen LogP contribution in [0.5, 0.6) is 0 Å². The van der Waals surface area contributed by atoms with Crippen molar-refractivity contribution in [2.24, 2.45) is 0 Å². The number of rotatable bonds is 4. The van der Waals surface area contributed by atoms with Crippen LogP contribution in [0.1, 0.15) is 25.7 Å². The van der Waals surface area contributed by atoms with Gasteiger partial charge in [0, 0.05) is 39.3 Å². The summed E-state index contributed by atoms with van der Waals surface area (Å²) in [6.07, 6.45) is 4.10. The summed E-state index contributed by atoms with van der Waals surface area (Å²) in [6, 6.07) is 4.03. The smallest absolute Gasteiger partial charge is 0.217 e. The van der Waals surface area contributed by atoms with Gasteiger partial charge in [0.25, 0.3) is 0 Å². The number of anilines is 2. The molecule has 2 aliphatic heterocycles. The largest absolute Gasteiger partial charge is 0.355 e. The second-order valence-electron chi connectivity index (χ2n) is 6.57. The van der Waals surface area contributed by atoms with E-state index in [0.29, 0.717) is 26.2 Å². The Morgan fingerprint density at radius 1 is 0.826 bits per heavy atom. The first kappa shape index (κ1) is 15.1. The Morgan fingerprint density at radius 2 is 1.35 bits per heavy atom. The van der Waals surface area contributed by atoms with Gasteiger partial charge in [0.1, 0.15) is 0 Å². The Morgan fingerprint density at radius 3 is 1.83 bits per heavy atom.